The minimum atomic E-state index is -4.30. The number of hydrogen-bond acceptors (Lipinski definition) is 5. The van der Waals surface area contributed by atoms with Crippen LogP contribution in [0.5, 0.6) is 0 Å². The SMILES string of the molecule is CC1(c2nc(CCOCC(F)(F)F)no2)CCCN1. The average molecular weight is 279 g/mol. The molecule has 1 aromatic heterocycles. The van der Waals surface area contributed by atoms with Crippen LogP contribution in [0.1, 0.15) is 31.5 Å². The Hall–Kier alpha value is -1.15. The van der Waals surface area contributed by atoms with Crippen molar-refractivity contribution < 1.29 is 22.4 Å². The van der Waals surface area contributed by atoms with Gasteiger partial charge in [-0.2, -0.15) is 18.2 Å². The Kier molecular flexibility index (Phi) is 4.10. The van der Waals surface area contributed by atoms with Gasteiger partial charge in [0.25, 0.3) is 0 Å². The second kappa shape index (κ2) is 5.46. The molecular formula is C11H16F3N3O2. The summed E-state index contributed by atoms with van der Waals surface area (Å²) in [6.45, 7) is 1.53. The Morgan fingerprint density at radius 1 is 1.47 bits per heavy atom. The minimum Gasteiger partial charge on any atom is -0.372 e. The first-order chi connectivity index (χ1) is 8.89. The number of hydrogen-bond donors (Lipinski definition) is 1. The summed E-state index contributed by atoms with van der Waals surface area (Å²) < 4.78 is 45.2. The number of aromatic nitrogens is 2. The molecule has 2 rings (SSSR count). The van der Waals surface area contributed by atoms with Crippen LogP contribution in [0.15, 0.2) is 4.52 Å². The van der Waals surface area contributed by atoms with Gasteiger partial charge in [-0.05, 0) is 26.3 Å². The zero-order chi connectivity index (χ0) is 13.9. The van der Waals surface area contributed by atoms with E-state index in [4.69, 9.17) is 4.52 Å². The lowest BCUT2D eigenvalue weighted by molar-refractivity contribution is -0.173. The molecule has 0 spiro atoms. The molecule has 1 aliphatic heterocycles. The normalized spacial score (nSPS) is 24.0. The van der Waals surface area contributed by atoms with E-state index in [9.17, 15) is 13.2 Å². The second-order valence-electron chi connectivity index (χ2n) is 4.80. The molecule has 1 N–H and O–H groups in total. The van der Waals surface area contributed by atoms with E-state index >= 15 is 0 Å². The lowest BCUT2D eigenvalue weighted by Gasteiger charge is -2.18. The van der Waals surface area contributed by atoms with Gasteiger partial charge in [0.1, 0.15) is 6.61 Å². The molecule has 8 heteroatoms. The number of ether oxygens (including phenoxy) is 1. The van der Waals surface area contributed by atoms with Gasteiger partial charge < -0.3 is 14.6 Å². The van der Waals surface area contributed by atoms with Crippen molar-refractivity contribution in [3.05, 3.63) is 11.7 Å². The molecular weight excluding hydrogens is 263 g/mol. The Labute approximate surface area is 108 Å². The molecule has 0 radical (unpaired) electrons. The Balaban J connectivity index is 1.81. The Bertz CT molecular complexity index is 414. The van der Waals surface area contributed by atoms with E-state index in [-0.39, 0.29) is 18.6 Å². The van der Waals surface area contributed by atoms with Crippen LogP contribution in [0, 0.1) is 0 Å². The van der Waals surface area contributed by atoms with Crippen molar-refractivity contribution in [1.82, 2.24) is 15.5 Å². The predicted molar refractivity (Wildman–Crippen MR) is 59.5 cm³/mol. The van der Waals surface area contributed by atoms with Crippen LogP contribution in [-0.2, 0) is 16.7 Å². The molecule has 5 nitrogen and oxygen atoms in total. The van der Waals surface area contributed by atoms with Crippen molar-refractivity contribution in [2.75, 3.05) is 19.8 Å². The van der Waals surface area contributed by atoms with Gasteiger partial charge in [0.2, 0.25) is 5.89 Å². The highest BCUT2D eigenvalue weighted by Gasteiger charge is 2.35. The first-order valence-corrected chi connectivity index (χ1v) is 6.12. The van der Waals surface area contributed by atoms with Crippen molar-refractivity contribution in [3.8, 4) is 0 Å². The van der Waals surface area contributed by atoms with E-state index < -0.39 is 12.8 Å². The number of nitrogens with one attached hydrogen (secondary N) is 1. The van der Waals surface area contributed by atoms with Crippen molar-refractivity contribution in [3.63, 3.8) is 0 Å². The van der Waals surface area contributed by atoms with Crippen molar-refractivity contribution >= 4 is 0 Å². The summed E-state index contributed by atoms with van der Waals surface area (Å²) in [5.74, 6) is 0.850. The van der Waals surface area contributed by atoms with Gasteiger partial charge in [-0.15, -0.1) is 0 Å². The Morgan fingerprint density at radius 3 is 2.89 bits per heavy atom. The maximum Gasteiger partial charge on any atom is 0.411 e. The zero-order valence-corrected chi connectivity index (χ0v) is 10.6. The molecule has 19 heavy (non-hydrogen) atoms. The number of halogens is 3. The maximum atomic E-state index is 11.9. The first kappa shape index (κ1) is 14.3. The molecule has 1 aromatic rings. The third-order valence-corrected chi connectivity index (χ3v) is 3.04. The van der Waals surface area contributed by atoms with Crippen molar-refractivity contribution in [2.45, 2.75) is 37.9 Å². The number of alkyl halides is 3. The molecule has 1 fully saturated rings. The van der Waals surface area contributed by atoms with Gasteiger partial charge in [0.15, 0.2) is 5.82 Å². The molecule has 1 atom stereocenters. The standard InChI is InChI=1S/C11H16F3N3O2/c1-10(4-2-5-15-10)9-16-8(17-19-9)3-6-18-7-11(12,13)14/h15H,2-7H2,1H3. The topological polar surface area (TPSA) is 60.2 Å². The second-order valence-corrected chi connectivity index (χ2v) is 4.80. The van der Waals surface area contributed by atoms with Gasteiger partial charge in [-0.3, -0.25) is 0 Å². The van der Waals surface area contributed by atoms with Crippen LogP contribution >= 0.6 is 0 Å². The van der Waals surface area contributed by atoms with E-state index in [0.717, 1.165) is 19.4 Å². The molecule has 1 unspecified atom stereocenters. The van der Waals surface area contributed by atoms with Crippen LogP contribution in [0.25, 0.3) is 0 Å². The summed E-state index contributed by atoms with van der Waals surface area (Å²) in [5, 5.41) is 7.03. The summed E-state index contributed by atoms with van der Waals surface area (Å²) in [6.07, 6.45) is -2.17. The summed E-state index contributed by atoms with van der Waals surface area (Å²) in [6, 6.07) is 0. The molecule has 108 valence electrons. The third-order valence-electron chi connectivity index (χ3n) is 3.04. The highest BCUT2D eigenvalue weighted by molar-refractivity contribution is 5.04. The van der Waals surface area contributed by atoms with E-state index in [2.05, 4.69) is 20.2 Å². The molecule has 2 heterocycles. The summed E-state index contributed by atoms with van der Waals surface area (Å²) in [7, 11) is 0. The summed E-state index contributed by atoms with van der Waals surface area (Å²) in [4.78, 5) is 4.20. The smallest absolute Gasteiger partial charge is 0.372 e. The van der Waals surface area contributed by atoms with Gasteiger partial charge in [-0.25, -0.2) is 0 Å². The van der Waals surface area contributed by atoms with E-state index in [1.54, 1.807) is 0 Å². The van der Waals surface area contributed by atoms with Gasteiger partial charge in [-0.1, -0.05) is 5.16 Å². The zero-order valence-electron chi connectivity index (χ0n) is 10.6. The van der Waals surface area contributed by atoms with Crippen LogP contribution in [0.3, 0.4) is 0 Å². The maximum absolute atomic E-state index is 11.9. The molecule has 0 bridgehead atoms. The summed E-state index contributed by atoms with van der Waals surface area (Å²) >= 11 is 0. The van der Waals surface area contributed by atoms with Crippen molar-refractivity contribution in [1.29, 1.82) is 0 Å². The van der Waals surface area contributed by atoms with Gasteiger partial charge in [0.05, 0.1) is 12.1 Å². The lowest BCUT2D eigenvalue weighted by Crippen LogP contribution is -2.33. The van der Waals surface area contributed by atoms with Crippen LogP contribution in [0.4, 0.5) is 13.2 Å². The van der Waals surface area contributed by atoms with Crippen LogP contribution < -0.4 is 5.32 Å². The first-order valence-electron chi connectivity index (χ1n) is 6.12. The number of rotatable bonds is 5. The molecule has 0 amide bonds. The Morgan fingerprint density at radius 2 is 2.26 bits per heavy atom. The van der Waals surface area contributed by atoms with Crippen molar-refractivity contribution in [2.24, 2.45) is 0 Å². The van der Waals surface area contributed by atoms with E-state index in [0.29, 0.717) is 11.7 Å². The molecule has 1 aliphatic rings. The van der Waals surface area contributed by atoms with Gasteiger partial charge >= 0.3 is 6.18 Å². The highest BCUT2D eigenvalue weighted by atomic mass is 19.4. The quantitative estimate of drug-likeness (QED) is 0.833. The average Bonchev–Trinajstić information content (AvgIpc) is 2.93. The van der Waals surface area contributed by atoms with E-state index in [1.807, 2.05) is 6.92 Å². The lowest BCUT2D eigenvalue weighted by atomic mass is 10.0. The molecule has 0 saturated carbocycles. The molecule has 0 aliphatic carbocycles. The largest absolute Gasteiger partial charge is 0.411 e. The summed E-state index contributed by atoms with van der Waals surface area (Å²) in [5.41, 5.74) is -0.321. The third kappa shape index (κ3) is 3.90. The predicted octanol–water partition coefficient (Wildman–Crippen LogP) is 1.79. The fourth-order valence-electron chi connectivity index (χ4n) is 2.01. The fourth-order valence-corrected chi connectivity index (χ4v) is 2.01. The highest BCUT2D eigenvalue weighted by Crippen LogP contribution is 2.28. The number of nitrogens with zero attached hydrogens (tertiary/aromatic N) is 2. The molecule has 1 saturated heterocycles. The fraction of sp³-hybridized carbons (Fsp3) is 0.818. The van der Waals surface area contributed by atoms with Crippen LogP contribution in [-0.4, -0.2) is 36.1 Å². The van der Waals surface area contributed by atoms with E-state index in [1.165, 1.54) is 0 Å². The minimum absolute atomic E-state index is 0.0807. The van der Waals surface area contributed by atoms with Gasteiger partial charge in [0, 0.05) is 6.42 Å². The monoisotopic (exact) mass is 279 g/mol. The van der Waals surface area contributed by atoms with Crippen LogP contribution in [0.2, 0.25) is 0 Å². The molecule has 0 aromatic carbocycles.